The minimum atomic E-state index is 0.449. The molecule has 1 atom stereocenters. The van der Waals surface area contributed by atoms with E-state index in [1.54, 1.807) is 0 Å². The Hall–Kier alpha value is -1.61. The Labute approximate surface area is 95.1 Å². The third-order valence-electron chi connectivity index (χ3n) is 3.05. The highest BCUT2D eigenvalue weighted by atomic mass is 15.3. The summed E-state index contributed by atoms with van der Waals surface area (Å²) in [5, 5.41) is 8.08. The van der Waals surface area contributed by atoms with Gasteiger partial charge in [-0.05, 0) is 37.6 Å². The van der Waals surface area contributed by atoms with Crippen LogP contribution in [0.15, 0.2) is 42.6 Å². The van der Waals surface area contributed by atoms with E-state index in [-0.39, 0.29) is 0 Å². The first-order valence-corrected chi connectivity index (χ1v) is 5.78. The first kappa shape index (κ1) is 9.60. The average molecular weight is 213 g/mol. The van der Waals surface area contributed by atoms with Gasteiger partial charge >= 0.3 is 0 Å². The van der Waals surface area contributed by atoms with Gasteiger partial charge in [0.1, 0.15) is 0 Å². The largest absolute Gasteiger partial charge is 0.309 e. The SMILES string of the molecule is c1ccc(-n2ccc(C3CCCN3)n2)cc1. The molecule has 1 unspecified atom stereocenters. The Kier molecular flexibility index (Phi) is 2.46. The van der Waals surface area contributed by atoms with E-state index in [1.807, 2.05) is 29.1 Å². The molecule has 16 heavy (non-hydrogen) atoms. The number of hydrogen-bond acceptors (Lipinski definition) is 2. The summed E-state index contributed by atoms with van der Waals surface area (Å²) in [7, 11) is 0. The second kappa shape index (κ2) is 4.10. The molecule has 1 aliphatic rings. The fourth-order valence-corrected chi connectivity index (χ4v) is 2.19. The molecule has 1 aliphatic heterocycles. The van der Waals surface area contributed by atoms with Crippen LogP contribution in [0.1, 0.15) is 24.6 Å². The molecule has 1 saturated heterocycles. The Morgan fingerprint density at radius 1 is 1.19 bits per heavy atom. The Morgan fingerprint density at radius 3 is 2.81 bits per heavy atom. The zero-order valence-corrected chi connectivity index (χ0v) is 9.13. The predicted molar refractivity (Wildman–Crippen MR) is 63.5 cm³/mol. The molecule has 3 nitrogen and oxygen atoms in total. The van der Waals surface area contributed by atoms with E-state index in [0.29, 0.717) is 6.04 Å². The van der Waals surface area contributed by atoms with Gasteiger partial charge in [0.05, 0.1) is 17.4 Å². The number of benzene rings is 1. The van der Waals surface area contributed by atoms with Crippen molar-refractivity contribution in [2.45, 2.75) is 18.9 Å². The minimum absolute atomic E-state index is 0.449. The van der Waals surface area contributed by atoms with Gasteiger partial charge in [0.25, 0.3) is 0 Å². The lowest BCUT2D eigenvalue weighted by Gasteiger charge is -2.05. The second-order valence-corrected chi connectivity index (χ2v) is 4.17. The maximum atomic E-state index is 4.62. The molecule has 2 heterocycles. The summed E-state index contributed by atoms with van der Waals surface area (Å²) in [6, 6.07) is 12.8. The standard InChI is InChI=1S/C13H15N3/c1-2-5-11(6-3-1)16-10-8-13(15-16)12-7-4-9-14-12/h1-3,5-6,8,10,12,14H,4,7,9H2. The molecule has 0 aliphatic carbocycles. The summed E-state index contributed by atoms with van der Waals surface area (Å²) in [4.78, 5) is 0. The van der Waals surface area contributed by atoms with Crippen molar-refractivity contribution in [3.63, 3.8) is 0 Å². The molecular formula is C13H15N3. The molecule has 1 N–H and O–H groups in total. The molecule has 1 aromatic carbocycles. The van der Waals surface area contributed by atoms with Crippen LogP contribution in [-0.4, -0.2) is 16.3 Å². The molecular weight excluding hydrogens is 198 g/mol. The van der Waals surface area contributed by atoms with E-state index in [1.165, 1.54) is 12.8 Å². The molecule has 0 bridgehead atoms. The van der Waals surface area contributed by atoms with Crippen LogP contribution in [0.3, 0.4) is 0 Å². The summed E-state index contributed by atoms with van der Waals surface area (Å²) in [5.41, 5.74) is 2.27. The number of nitrogens with one attached hydrogen (secondary N) is 1. The molecule has 1 fully saturated rings. The summed E-state index contributed by atoms with van der Waals surface area (Å²) in [6.07, 6.45) is 4.49. The van der Waals surface area contributed by atoms with Gasteiger partial charge in [-0.2, -0.15) is 5.10 Å². The molecule has 0 spiro atoms. The first-order valence-electron chi connectivity index (χ1n) is 5.78. The Bertz CT molecular complexity index is 455. The van der Waals surface area contributed by atoms with Crippen molar-refractivity contribution in [2.24, 2.45) is 0 Å². The Morgan fingerprint density at radius 2 is 2.06 bits per heavy atom. The van der Waals surface area contributed by atoms with Crippen LogP contribution in [0.25, 0.3) is 5.69 Å². The fraction of sp³-hybridized carbons (Fsp3) is 0.308. The van der Waals surface area contributed by atoms with Crippen LogP contribution in [0.4, 0.5) is 0 Å². The lowest BCUT2D eigenvalue weighted by atomic mass is 10.2. The zero-order chi connectivity index (χ0) is 10.8. The highest BCUT2D eigenvalue weighted by molar-refractivity contribution is 5.30. The van der Waals surface area contributed by atoms with Gasteiger partial charge in [-0.15, -0.1) is 0 Å². The average Bonchev–Trinajstić information content (AvgIpc) is 3.01. The second-order valence-electron chi connectivity index (χ2n) is 4.17. The lowest BCUT2D eigenvalue weighted by Crippen LogP contribution is -2.13. The van der Waals surface area contributed by atoms with Crippen LogP contribution < -0.4 is 5.32 Å². The zero-order valence-electron chi connectivity index (χ0n) is 9.13. The van der Waals surface area contributed by atoms with Crippen molar-refractivity contribution in [3.8, 4) is 5.69 Å². The van der Waals surface area contributed by atoms with Crippen LogP contribution in [-0.2, 0) is 0 Å². The van der Waals surface area contributed by atoms with Crippen molar-refractivity contribution in [1.29, 1.82) is 0 Å². The van der Waals surface area contributed by atoms with Crippen LogP contribution >= 0.6 is 0 Å². The van der Waals surface area contributed by atoms with Crippen LogP contribution in [0.2, 0.25) is 0 Å². The molecule has 0 radical (unpaired) electrons. The minimum Gasteiger partial charge on any atom is -0.309 e. The third-order valence-corrected chi connectivity index (χ3v) is 3.05. The Balaban J connectivity index is 1.87. The number of nitrogens with zero attached hydrogens (tertiary/aromatic N) is 2. The predicted octanol–water partition coefficient (Wildman–Crippen LogP) is 2.30. The summed E-state index contributed by atoms with van der Waals surface area (Å²) in [5.74, 6) is 0. The van der Waals surface area contributed by atoms with E-state index < -0.39 is 0 Å². The lowest BCUT2D eigenvalue weighted by molar-refractivity contribution is 0.617. The molecule has 3 heteroatoms. The van der Waals surface area contributed by atoms with Crippen LogP contribution in [0, 0.1) is 0 Å². The fourth-order valence-electron chi connectivity index (χ4n) is 2.19. The van der Waals surface area contributed by atoms with Crippen LogP contribution in [0.5, 0.6) is 0 Å². The smallest absolute Gasteiger partial charge is 0.0798 e. The van der Waals surface area contributed by atoms with E-state index in [9.17, 15) is 0 Å². The first-order chi connectivity index (χ1) is 7.93. The summed E-state index contributed by atoms with van der Waals surface area (Å²) < 4.78 is 1.94. The molecule has 3 rings (SSSR count). The third kappa shape index (κ3) is 1.74. The number of aromatic nitrogens is 2. The number of hydrogen-bond donors (Lipinski definition) is 1. The maximum Gasteiger partial charge on any atom is 0.0798 e. The van der Waals surface area contributed by atoms with Crippen molar-refractivity contribution in [1.82, 2.24) is 15.1 Å². The number of para-hydroxylation sites is 1. The normalized spacial score (nSPS) is 20.1. The monoisotopic (exact) mass is 213 g/mol. The van der Waals surface area contributed by atoms with E-state index in [4.69, 9.17) is 0 Å². The maximum absolute atomic E-state index is 4.62. The quantitative estimate of drug-likeness (QED) is 0.829. The molecule has 1 aromatic heterocycles. The van der Waals surface area contributed by atoms with Crippen molar-refractivity contribution < 1.29 is 0 Å². The van der Waals surface area contributed by atoms with Crippen molar-refractivity contribution in [3.05, 3.63) is 48.3 Å². The summed E-state index contributed by atoms with van der Waals surface area (Å²) >= 11 is 0. The van der Waals surface area contributed by atoms with Gasteiger partial charge in [0, 0.05) is 6.20 Å². The highest BCUT2D eigenvalue weighted by Crippen LogP contribution is 2.21. The van der Waals surface area contributed by atoms with Gasteiger partial charge in [-0.3, -0.25) is 0 Å². The molecule has 82 valence electrons. The molecule has 2 aromatic rings. The van der Waals surface area contributed by atoms with Crippen molar-refractivity contribution >= 4 is 0 Å². The molecule has 0 saturated carbocycles. The molecule has 0 amide bonds. The van der Waals surface area contributed by atoms with Gasteiger partial charge in [-0.1, -0.05) is 18.2 Å². The van der Waals surface area contributed by atoms with E-state index in [0.717, 1.165) is 17.9 Å². The highest BCUT2D eigenvalue weighted by Gasteiger charge is 2.18. The summed E-state index contributed by atoms with van der Waals surface area (Å²) in [6.45, 7) is 1.11. The van der Waals surface area contributed by atoms with Crippen molar-refractivity contribution in [2.75, 3.05) is 6.54 Å². The van der Waals surface area contributed by atoms with Gasteiger partial charge < -0.3 is 5.32 Å². The van der Waals surface area contributed by atoms with Gasteiger partial charge in [0.15, 0.2) is 0 Å². The number of rotatable bonds is 2. The van der Waals surface area contributed by atoms with Gasteiger partial charge in [0.2, 0.25) is 0 Å². The van der Waals surface area contributed by atoms with Gasteiger partial charge in [-0.25, -0.2) is 4.68 Å². The topological polar surface area (TPSA) is 29.9 Å². The van der Waals surface area contributed by atoms with E-state index >= 15 is 0 Å². The van der Waals surface area contributed by atoms with E-state index in [2.05, 4.69) is 28.6 Å².